The van der Waals surface area contributed by atoms with Crippen LogP contribution < -0.4 is 9.64 Å². The maximum atomic E-state index is 12.4. The molecule has 0 aliphatic carbocycles. The van der Waals surface area contributed by atoms with Gasteiger partial charge in [0.1, 0.15) is 12.4 Å². The summed E-state index contributed by atoms with van der Waals surface area (Å²) in [6.45, 7) is 5.29. The maximum Gasteiger partial charge on any atom is 0.338 e. The number of nitrogens with zero attached hydrogens (tertiary/aromatic N) is 2. The summed E-state index contributed by atoms with van der Waals surface area (Å²) >= 11 is 1.30. The van der Waals surface area contributed by atoms with Crippen molar-refractivity contribution in [3.63, 3.8) is 0 Å². The second-order valence-electron chi connectivity index (χ2n) is 6.54. The van der Waals surface area contributed by atoms with Crippen LogP contribution in [0.15, 0.2) is 47.8 Å². The molecule has 6 nitrogen and oxygen atoms in total. The van der Waals surface area contributed by atoms with Crippen LogP contribution in [-0.4, -0.2) is 24.0 Å². The summed E-state index contributed by atoms with van der Waals surface area (Å²) in [4.78, 5) is 30.7. The fraction of sp³-hybridized carbons (Fsp3) is 0.227. The molecule has 2 aromatic carbocycles. The lowest BCUT2D eigenvalue weighted by atomic mass is 10.1. The van der Waals surface area contributed by atoms with Crippen LogP contribution in [0, 0.1) is 13.8 Å². The number of hydrogen-bond acceptors (Lipinski definition) is 6. The number of carbonyl (C=O) groups excluding carboxylic acids is 2. The van der Waals surface area contributed by atoms with Crippen molar-refractivity contribution in [2.24, 2.45) is 0 Å². The van der Waals surface area contributed by atoms with Crippen LogP contribution >= 0.6 is 11.3 Å². The van der Waals surface area contributed by atoms with Gasteiger partial charge in [-0.05, 0) is 37.6 Å². The molecule has 0 bridgehead atoms. The van der Waals surface area contributed by atoms with Crippen LogP contribution in [0.3, 0.4) is 0 Å². The van der Waals surface area contributed by atoms with Crippen molar-refractivity contribution < 1.29 is 19.1 Å². The van der Waals surface area contributed by atoms with Crippen molar-refractivity contribution in [3.05, 3.63) is 70.2 Å². The van der Waals surface area contributed by atoms with Gasteiger partial charge in [-0.25, -0.2) is 9.78 Å². The number of para-hydroxylation sites is 2. The van der Waals surface area contributed by atoms with E-state index in [9.17, 15) is 9.59 Å². The summed E-state index contributed by atoms with van der Waals surface area (Å²) in [5.41, 5.74) is 3.58. The summed E-state index contributed by atoms with van der Waals surface area (Å²) in [7, 11) is 1.55. The standard InChI is InChI=1S/C22H22N2O4S/c1-14-9-10-15(2)18(11-14)21(26)28-12-17-13-29-22(23-17)24(16(3)25)19-7-5-6-8-20(19)27-4/h5-11,13H,12H2,1-4H3. The Bertz CT molecular complexity index is 1040. The van der Waals surface area contributed by atoms with Gasteiger partial charge in [0.15, 0.2) is 5.13 Å². The number of hydrogen-bond donors (Lipinski definition) is 0. The van der Waals surface area contributed by atoms with Gasteiger partial charge in [0.25, 0.3) is 0 Å². The predicted octanol–water partition coefficient (Wildman–Crippen LogP) is 4.81. The minimum absolute atomic E-state index is 0.0282. The van der Waals surface area contributed by atoms with Crippen molar-refractivity contribution in [2.75, 3.05) is 12.0 Å². The van der Waals surface area contributed by atoms with Gasteiger partial charge in [-0.1, -0.05) is 29.8 Å². The van der Waals surface area contributed by atoms with Crippen molar-refractivity contribution in [2.45, 2.75) is 27.4 Å². The molecule has 150 valence electrons. The Morgan fingerprint density at radius 3 is 2.62 bits per heavy atom. The van der Waals surface area contributed by atoms with Crippen LogP contribution in [-0.2, 0) is 16.1 Å². The van der Waals surface area contributed by atoms with Gasteiger partial charge in [-0.2, -0.15) is 0 Å². The van der Waals surface area contributed by atoms with Crippen molar-refractivity contribution >= 4 is 34.0 Å². The van der Waals surface area contributed by atoms with E-state index in [2.05, 4.69) is 4.98 Å². The Kier molecular flexibility index (Phi) is 6.29. The smallest absolute Gasteiger partial charge is 0.338 e. The van der Waals surface area contributed by atoms with Gasteiger partial charge < -0.3 is 9.47 Å². The third-order valence-electron chi connectivity index (χ3n) is 4.34. The number of rotatable bonds is 6. The average molecular weight is 410 g/mol. The van der Waals surface area contributed by atoms with Crippen LogP contribution in [0.2, 0.25) is 0 Å². The molecule has 0 aliphatic heterocycles. The zero-order chi connectivity index (χ0) is 21.0. The van der Waals surface area contributed by atoms with Gasteiger partial charge in [0, 0.05) is 12.3 Å². The van der Waals surface area contributed by atoms with E-state index in [1.54, 1.807) is 24.6 Å². The van der Waals surface area contributed by atoms with E-state index in [-0.39, 0.29) is 12.5 Å². The fourth-order valence-electron chi connectivity index (χ4n) is 2.86. The molecular weight excluding hydrogens is 388 g/mol. The number of thiazole rings is 1. The first kappa shape index (κ1) is 20.5. The molecule has 0 fully saturated rings. The lowest BCUT2D eigenvalue weighted by Crippen LogP contribution is -2.23. The molecular formula is C22H22N2O4S. The molecule has 0 spiro atoms. The molecule has 3 rings (SSSR count). The van der Waals surface area contributed by atoms with Crippen LogP contribution in [0.1, 0.15) is 34.1 Å². The minimum atomic E-state index is -0.395. The second kappa shape index (κ2) is 8.87. The zero-order valence-electron chi connectivity index (χ0n) is 16.8. The average Bonchev–Trinajstić information content (AvgIpc) is 3.16. The second-order valence-corrected chi connectivity index (χ2v) is 7.38. The minimum Gasteiger partial charge on any atom is -0.495 e. The van der Waals surface area contributed by atoms with E-state index >= 15 is 0 Å². The van der Waals surface area contributed by atoms with Gasteiger partial charge in [0.2, 0.25) is 5.91 Å². The van der Waals surface area contributed by atoms with E-state index in [0.717, 1.165) is 11.1 Å². The van der Waals surface area contributed by atoms with Gasteiger partial charge >= 0.3 is 5.97 Å². The molecule has 0 atom stereocenters. The first-order valence-electron chi connectivity index (χ1n) is 9.03. The first-order valence-corrected chi connectivity index (χ1v) is 9.91. The van der Waals surface area contributed by atoms with Crippen LogP contribution in [0.25, 0.3) is 0 Å². The van der Waals surface area contributed by atoms with E-state index in [0.29, 0.717) is 27.8 Å². The van der Waals surface area contributed by atoms with Crippen molar-refractivity contribution in [1.29, 1.82) is 0 Å². The SMILES string of the molecule is COc1ccccc1N(C(C)=O)c1nc(COC(=O)c2cc(C)ccc2C)cs1. The number of esters is 1. The fourth-order valence-corrected chi connectivity index (χ4v) is 3.72. The largest absolute Gasteiger partial charge is 0.495 e. The summed E-state index contributed by atoms with van der Waals surface area (Å²) in [5.74, 6) is -0.0162. The summed E-state index contributed by atoms with van der Waals surface area (Å²) in [6.07, 6.45) is 0. The number of aryl methyl sites for hydroxylation is 2. The van der Waals surface area contributed by atoms with Gasteiger partial charge in [-0.15, -0.1) is 11.3 Å². The number of amides is 1. The van der Waals surface area contributed by atoms with E-state index < -0.39 is 5.97 Å². The van der Waals surface area contributed by atoms with E-state index in [1.807, 2.05) is 44.2 Å². The number of anilines is 2. The number of benzene rings is 2. The maximum absolute atomic E-state index is 12.4. The molecule has 1 aromatic heterocycles. The van der Waals surface area contributed by atoms with E-state index in [4.69, 9.17) is 9.47 Å². The molecule has 29 heavy (non-hydrogen) atoms. The summed E-state index contributed by atoms with van der Waals surface area (Å²) < 4.78 is 10.8. The molecule has 7 heteroatoms. The normalized spacial score (nSPS) is 10.5. The monoisotopic (exact) mass is 410 g/mol. The highest BCUT2D eigenvalue weighted by Crippen LogP contribution is 2.35. The Morgan fingerprint density at radius 2 is 1.90 bits per heavy atom. The predicted molar refractivity (Wildman–Crippen MR) is 113 cm³/mol. The van der Waals surface area contributed by atoms with Crippen LogP contribution in [0.4, 0.5) is 10.8 Å². The molecule has 0 aliphatic rings. The highest BCUT2D eigenvalue weighted by molar-refractivity contribution is 7.14. The molecule has 0 radical (unpaired) electrons. The lowest BCUT2D eigenvalue weighted by molar-refractivity contribution is -0.115. The Balaban J connectivity index is 1.78. The molecule has 0 saturated heterocycles. The third-order valence-corrected chi connectivity index (χ3v) is 5.21. The molecule has 1 amide bonds. The van der Waals surface area contributed by atoms with E-state index in [1.165, 1.54) is 23.2 Å². The number of methoxy groups -OCH3 is 1. The van der Waals surface area contributed by atoms with Gasteiger partial charge in [0.05, 0.1) is 24.1 Å². The first-order chi connectivity index (χ1) is 13.9. The quantitative estimate of drug-likeness (QED) is 0.546. The number of ether oxygens (including phenoxy) is 2. The Labute approximate surface area is 173 Å². The van der Waals surface area contributed by atoms with Crippen LogP contribution in [0.5, 0.6) is 5.75 Å². The zero-order valence-corrected chi connectivity index (χ0v) is 17.6. The Hall–Kier alpha value is -3.19. The highest BCUT2D eigenvalue weighted by Gasteiger charge is 2.21. The lowest BCUT2D eigenvalue weighted by Gasteiger charge is -2.20. The van der Waals surface area contributed by atoms with Crippen molar-refractivity contribution in [1.82, 2.24) is 4.98 Å². The summed E-state index contributed by atoms with van der Waals surface area (Å²) in [6, 6.07) is 12.9. The van der Waals surface area contributed by atoms with Gasteiger partial charge in [-0.3, -0.25) is 9.69 Å². The molecule has 0 unspecified atom stereocenters. The topological polar surface area (TPSA) is 68.7 Å². The number of carbonyl (C=O) groups is 2. The molecule has 0 N–H and O–H groups in total. The Morgan fingerprint density at radius 1 is 1.14 bits per heavy atom. The molecule has 3 aromatic rings. The number of aromatic nitrogens is 1. The third kappa shape index (κ3) is 4.63. The highest BCUT2D eigenvalue weighted by atomic mass is 32.1. The molecule has 0 saturated carbocycles. The van der Waals surface area contributed by atoms with Crippen molar-refractivity contribution in [3.8, 4) is 5.75 Å². The molecule has 1 heterocycles. The summed E-state index contributed by atoms with van der Waals surface area (Å²) in [5, 5.41) is 2.26.